The lowest BCUT2D eigenvalue weighted by molar-refractivity contribution is 0.568. The van der Waals surface area contributed by atoms with E-state index in [9.17, 15) is 0 Å². The Kier molecular flexibility index (Phi) is 3.65. The highest BCUT2D eigenvalue weighted by molar-refractivity contribution is 6.31. The molecule has 0 aliphatic heterocycles. The Morgan fingerprint density at radius 2 is 2.12 bits per heavy atom. The number of halogens is 1. The molecule has 0 spiro atoms. The molecule has 0 unspecified atom stereocenters. The van der Waals surface area contributed by atoms with E-state index in [1.165, 1.54) is 0 Å². The number of nitrogens with one attached hydrogen (secondary N) is 1. The molecule has 0 saturated heterocycles. The van der Waals surface area contributed by atoms with Crippen molar-refractivity contribution in [1.82, 2.24) is 5.32 Å². The maximum absolute atomic E-state index is 6.21. The minimum absolute atomic E-state index is 0.791. The first-order chi connectivity index (χ1) is 7.81. The van der Waals surface area contributed by atoms with Crippen LogP contribution in [0, 0.1) is 0 Å². The Bertz CT molecular complexity index is 451. The molecule has 0 amide bonds. The average molecular weight is 236 g/mol. The van der Waals surface area contributed by atoms with Crippen molar-refractivity contribution in [1.29, 1.82) is 0 Å². The van der Waals surface area contributed by atoms with E-state index in [1.54, 1.807) is 12.5 Å². The van der Waals surface area contributed by atoms with Gasteiger partial charge < -0.3 is 9.73 Å². The predicted octanol–water partition coefficient (Wildman–Crippen LogP) is 3.71. The number of furan rings is 1. The normalized spacial score (nSPS) is 10.6. The molecule has 0 saturated carbocycles. The molecule has 0 radical (unpaired) electrons. The van der Waals surface area contributed by atoms with E-state index in [4.69, 9.17) is 16.0 Å². The van der Waals surface area contributed by atoms with Gasteiger partial charge in [0.05, 0.1) is 12.5 Å². The summed E-state index contributed by atoms with van der Waals surface area (Å²) in [6.07, 6.45) is 3.38. The molecule has 2 nitrogen and oxygen atoms in total. The van der Waals surface area contributed by atoms with Gasteiger partial charge in [0.15, 0.2) is 0 Å². The van der Waals surface area contributed by atoms with Crippen LogP contribution in [0.1, 0.15) is 12.5 Å². The second-order valence-corrected chi connectivity index (χ2v) is 4.01. The van der Waals surface area contributed by atoms with Crippen LogP contribution in [-0.2, 0) is 6.54 Å². The molecule has 0 fully saturated rings. The third-order valence-corrected chi connectivity index (χ3v) is 2.82. The maximum Gasteiger partial charge on any atom is 0.0980 e. The van der Waals surface area contributed by atoms with Gasteiger partial charge in [-0.3, -0.25) is 0 Å². The largest absolute Gasteiger partial charge is 0.472 e. The fourth-order valence-corrected chi connectivity index (χ4v) is 1.81. The third kappa shape index (κ3) is 2.46. The highest BCUT2D eigenvalue weighted by Crippen LogP contribution is 2.25. The van der Waals surface area contributed by atoms with Crippen LogP contribution in [-0.4, -0.2) is 6.54 Å². The van der Waals surface area contributed by atoms with Gasteiger partial charge in [0, 0.05) is 17.1 Å². The molecule has 16 heavy (non-hydrogen) atoms. The molecule has 1 heterocycles. The first kappa shape index (κ1) is 11.2. The molecule has 0 atom stereocenters. The summed E-state index contributed by atoms with van der Waals surface area (Å²) in [6, 6.07) is 8.01. The van der Waals surface area contributed by atoms with Crippen molar-refractivity contribution in [2.45, 2.75) is 13.5 Å². The number of hydrogen-bond donors (Lipinski definition) is 1. The smallest absolute Gasteiger partial charge is 0.0980 e. The molecular weight excluding hydrogens is 222 g/mol. The van der Waals surface area contributed by atoms with Crippen LogP contribution >= 0.6 is 11.6 Å². The highest BCUT2D eigenvalue weighted by Gasteiger charge is 2.04. The van der Waals surface area contributed by atoms with Gasteiger partial charge in [0.2, 0.25) is 0 Å². The van der Waals surface area contributed by atoms with E-state index >= 15 is 0 Å². The van der Waals surface area contributed by atoms with Crippen LogP contribution in [0.5, 0.6) is 0 Å². The zero-order chi connectivity index (χ0) is 11.4. The first-order valence-corrected chi connectivity index (χ1v) is 5.70. The van der Waals surface area contributed by atoms with E-state index in [0.717, 1.165) is 34.8 Å². The Balaban J connectivity index is 2.23. The molecule has 0 aliphatic rings. The van der Waals surface area contributed by atoms with Gasteiger partial charge in [-0.15, -0.1) is 0 Å². The quantitative estimate of drug-likeness (QED) is 0.874. The molecule has 1 aromatic carbocycles. The lowest BCUT2D eigenvalue weighted by atomic mass is 10.1. The second kappa shape index (κ2) is 5.19. The number of hydrogen-bond acceptors (Lipinski definition) is 2. The first-order valence-electron chi connectivity index (χ1n) is 5.33. The molecule has 2 aromatic rings. The predicted molar refractivity (Wildman–Crippen MR) is 66.5 cm³/mol. The monoisotopic (exact) mass is 235 g/mol. The summed E-state index contributed by atoms with van der Waals surface area (Å²) >= 11 is 6.21. The molecule has 0 aliphatic carbocycles. The van der Waals surface area contributed by atoms with Crippen molar-refractivity contribution in [3.8, 4) is 11.1 Å². The lowest BCUT2D eigenvalue weighted by Crippen LogP contribution is -2.11. The van der Waals surface area contributed by atoms with E-state index in [1.807, 2.05) is 18.2 Å². The fraction of sp³-hybridized carbons (Fsp3) is 0.231. The molecule has 84 valence electrons. The average Bonchev–Trinajstić information content (AvgIpc) is 2.81. The van der Waals surface area contributed by atoms with E-state index in [0.29, 0.717) is 0 Å². The zero-order valence-electron chi connectivity index (χ0n) is 9.16. The van der Waals surface area contributed by atoms with Crippen LogP contribution < -0.4 is 5.32 Å². The summed E-state index contributed by atoms with van der Waals surface area (Å²) < 4.78 is 5.05. The summed E-state index contributed by atoms with van der Waals surface area (Å²) in [5, 5.41) is 4.05. The lowest BCUT2D eigenvalue weighted by Gasteiger charge is -2.06. The molecule has 2 rings (SSSR count). The highest BCUT2D eigenvalue weighted by atomic mass is 35.5. The van der Waals surface area contributed by atoms with Crippen LogP contribution in [0.25, 0.3) is 11.1 Å². The molecule has 0 bridgehead atoms. The SMILES string of the molecule is CCNCc1ccc(-c2ccoc2)cc1Cl. The van der Waals surface area contributed by atoms with Gasteiger partial charge in [0.1, 0.15) is 0 Å². The second-order valence-electron chi connectivity index (χ2n) is 3.60. The minimum atomic E-state index is 0.791. The Morgan fingerprint density at radius 1 is 1.25 bits per heavy atom. The van der Waals surface area contributed by atoms with Gasteiger partial charge in [-0.25, -0.2) is 0 Å². The number of benzene rings is 1. The van der Waals surface area contributed by atoms with Crippen molar-refractivity contribution in [3.05, 3.63) is 47.4 Å². The molecule has 1 N–H and O–H groups in total. The summed E-state index contributed by atoms with van der Waals surface area (Å²) in [7, 11) is 0. The van der Waals surface area contributed by atoms with E-state index in [-0.39, 0.29) is 0 Å². The minimum Gasteiger partial charge on any atom is -0.472 e. The Labute approximate surface area is 100 Å². The van der Waals surface area contributed by atoms with Gasteiger partial charge in [-0.2, -0.15) is 0 Å². The van der Waals surface area contributed by atoms with E-state index < -0.39 is 0 Å². The Hall–Kier alpha value is -1.25. The van der Waals surface area contributed by atoms with Crippen molar-refractivity contribution in [3.63, 3.8) is 0 Å². The summed E-state index contributed by atoms with van der Waals surface area (Å²) in [4.78, 5) is 0. The molecular formula is C13H14ClNO. The van der Waals surface area contributed by atoms with E-state index in [2.05, 4.69) is 18.3 Å². The van der Waals surface area contributed by atoms with Crippen LogP contribution in [0.2, 0.25) is 5.02 Å². The van der Waals surface area contributed by atoms with Crippen LogP contribution in [0.15, 0.2) is 41.2 Å². The zero-order valence-corrected chi connectivity index (χ0v) is 9.92. The van der Waals surface area contributed by atoms with Gasteiger partial charge >= 0.3 is 0 Å². The van der Waals surface area contributed by atoms with Gasteiger partial charge in [-0.05, 0) is 29.8 Å². The van der Waals surface area contributed by atoms with Crippen molar-refractivity contribution >= 4 is 11.6 Å². The molecule has 3 heteroatoms. The summed E-state index contributed by atoms with van der Waals surface area (Å²) in [5.74, 6) is 0. The van der Waals surface area contributed by atoms with Crippen LogP contribution in [0.3, 0.4) is 0 Å². The van der Waals surface area contributed by atoms with Crippen molar-refractivity contribution in [2.75, 3.05) is 6.54 Å². The topological polar surface area (TPSA) is 25.2 Å². The molecule has 1 aromatic heterocycles. The summed E-state index contributed by atoms with van der Waals surface area (Å²) in [5.41, 5.74) is 3.26. The van der Waals surface area contributed by atoms with Crippen LogP contribution in [0.4, 0.5) is 0 Å². The van der Waals surface area contributed by atoms with Gasteiger partial charge in [-0.1, -0.05) is 30.7 Å². The third-order valence-electron chi connectivity index (χ3n) is 2.47. The van der Waals surface area contributed by atoms with Crippen molar-refractivity contribution in [2.24, 2.45) is 0 Å². The standard InChI is InChI=1S/C13H14ClNO/c1-2-15-8-11-4-3-10(7-13(11)14)12-5-6-16-9-12/h3-7,9,15H,2,8H2,1H3. The maximum atomic E-state index is 6.21. The van der Waals surface area contributed by atoms with Gasteiger partial charge in [0.25, 0.3) is 0 Å². The Morgan fingerprint density at radius 3 is 2.75 bits per heavy atom. The fourth-order valence-electron chi connectivity index (χ4n) is 1.56. The van der Waals surface area contributed by atoms with Crippen molar-refractivity contribution < 1.29 is 4.42 Å². The number of rotatable bonds is 4. The summed E-state index contributed by atoms with van der Waals surface area (Å²) in [6.45, 7) is 3.83.